The molecule has 0 aliphatic carbocycles. The van der Waals surface area contributed by atoms with Crippen molar-refractivity contribution in [2.45, 2.75) is 13.3 Å². The number of nitrogens with zero attached hydrogens (tertiary/aromatic N) is 1. The van der Waals surface area contributed by atoms with Crippen molar-refractivity contribution < 1.29 is 19.1 Å². The molecule has 0 spiro atoms. The summed E-state index contributed by atoms with van der Waals surface area (Å²) >= 11 is 6.11. The molecule has 1 aliphatic rings. The van der Waals surface area contributed by atoms with E-state index >= 15 is 0 Å². The second-order valence-corrected chi connectivity index (χ2v) is 5.59. The van der Waals surface area contributed by atoms with Gasteiger partial charge in [0, 0.05) is 12.0 Å². The van der Waals surface area contributed by atoms with Gasteiger partial charge >= 0.3 is 11.9 Å². The van der Waals surface area contributed by atoms with Gasteiger partial charge in [-0.3, -0.25) is 4.79 Å². The van der Waals surface area contributed by atoms with Crippen molar-refractivity contribution in [2.75, 3.05) is 0 Å². The Labute approximate surface area is 149 Å². The maximum atomic E-state index is 12.1. The lowest BCUT2D eigenvalue weighted by Gasteiger charge is -2.06. The van der Waals surface area contributed by atoms with Gasteiger partial charge in [-0.1, -0.05) is 48.9 Å². The number of rotatable bonds is 4. The summed E-state index contributed by atoms with van der Waals surface area (Å²) in [6, 6.07) is 13.8. The quantitative estimate of drug-likeness (QED) is 0.472. The van der Waals surface area contributed by atoms with Crippen LogP contribution in [0.4, 0.5) is 0 Å². The lowest BCUT2D eigenvalue weighted by atomic mass is 10.1. The number of halogens is 1. The molecule has 0 unspecified atom stereocenters. The molecule has 5 nitrogen and oxygen atoms in total. The Balaban J connectivity index is 1.96. The third-order valence-corrected chi connectivity index (χ3v) is 3.78. The lowest BCUT2D eigenvalue weighted by molar-refractivity contribution is -0.134. The second-order valence-electron chi connectivity index (χ2n) is 5.18. The first-order chi connectivity index (χ1) is 12.1. The Hall–Kier alpha value is -2.92. The summed E-state index contributed by atoms with van der Waals surface area (Å²) in [7, 11) is 0. The molecule has 1 heterocycles. The Morgan fingerprint density at radius 1 is 1.20 bits per heavy atom. The maximum absolute atomic E-state index is 12.1. The van der Waals surface area contributed by atoms with Gasteiger partial charge in [-0.25, -0.2) is 9.79 Å². The number of benzene rings is 2. The van der Waals surface area contributed by atoms with Crippen molar-refractivity contribution in [3.63, 3.8) is 0 Å². The monoisotopic (exact) mass is 355 g/mol. The predicted octanol–water partition coefficient (Wildman–Crippen LogP) is 4.00. The molecule has 25 heavy (non-hydrogen) atoms. The first-order valence-electron chi connectivity index (χ1n) is 7.65. The molecule has 3 rings (SSSR count). The highest BCUT2D eigenvalue weighted by molar-refractivity contribution is 6.34. The summed E-state index contributed by atoms with van der Waals surface area (Å²) in [6.07, 6.45) is 1.77. The van der Waals surface area contributed by atoms with Gasteiger partial charge in [0.15, 0.2) is 5.70 Å². The molecule has 0 radical (unpaired) electrons. The third kappa shape index (κ3) is 3.78. The molecule has 126 valence electrons. The van der Waals surface area contributed by atoms with E-state index in [4.69, 9.17) is 21.1 Å². The van der Waals surface area contributed by atoms with Crippen LogP contribution in [0.1, 0.15) is 24.5 Å². The van der Waals surface area contributed by atoms with Crippen molar-refractivity contribution in [1.29, 1.82) is 0 Å². The molecule has 0 saturated heterocycles. The van der Waals surface area contributed by atoms with E-state index < -0.39 is 5.97 Å². The van der Waals surface area contributed by atoms with Crippen LogP contribution in [0.15, 0.2) is 59.2 Å². The highest BCUT2D eigenvalue weighted by Crippen LogP contribution is 2.26. The fourth-order valence-electron chi connectivity index (χ4n) is 2.19. The molecular formula is C19H14ClNO4. The van der Waals surface area contributed by atoms with Crippen molar-refractivity contribution in [3.05, 3.63) is 70.4 Å². The zero-order valence-electron chi connectivity index (χ0n) is 13.4. The third-order valence-electron chi connectivity index (χ3n) is 3.45. The molecule has 1 aliphatic heterocycles. The van der Waals surface area contributed by atoms with Gasteiger partial charge in [-0.05, 0) is 24.3 Å². The number of hydrogen-bond donors (Lipinski definition) is 0. The van der Waals surface area contributed by atoms with Gasteiger partial charge in [-0.15, -0.1) is 0 Å². The Bertz CT molecular complexity index is 902. The van der Waals surface area contributed by atoms with E-state index in [0.29, 0.717) is 21.9 Å². The Morgan fingerprint density at radius 3 is 2.68 bits per heavy atom. The van der Waals surface area contributed by atoms with E-state index in [0.717, 1.165) is 0 Å². The zero-order valence-corrected chi connectivity index (χ0v) is 14.1. The molecular weight excluding hydrogens is 342 g/mol. The van der Waals surface area contributed by atoms with Crippen molar-refractivity contribution in [1.82, 2.24) is 0 Å². The number of ether oxygens (including phenoxy) is 2. The summed E-state index contributed by atoms with van der Waals surface area (Å²) in [4.78, 5) is 27.9. The maximum Gasteiger partial charge on any atom is 0.363 e. The Morgan fingerprint density at radius 2 is 1.92 bits per heavy atom. The van der Waals surface area contributed by atoms with Crippen LogP contribution in [-0.4, -0.2) is 17.8 Å². The van der Waals surface area contributed by atoms with Gasteiger partial charge in [0.05, 0.1) is 10.6 Å². The Kier molecular flexibility index (Phi) is 4.95. The van der Waals surface area contributed by atoms with Crippen molar-refractivity contribution in [3.8, 4) is 5.75 Å². The fourth-order valence-corrected chi connectivity index (χ4v) is 2.41. The number of esters is 2. The molecule has 0 N–H and O–H groups in total. The SMILES string of the molecule is CCC(=O)Oc1ccccc1/C=C1\N=C(c2ccccc2Cl)OC1=O. The van der Waals surface area contributed by atoms with Crippen LogP contribution in [0.3, 0.4) is 0 Å². The number of hydrogen-bond acceptors (Lipinski definition) is 5. The number of carbonyl (C=O) groups excluding carboxylic acids is 2. The van der Waals surface area contributed by atoms with Gasteiger partial charge in [0.1, 0.15) is 5.75 Å². The van der Waals surface area contributed by atoms with Crippen molar-refractivity contribution in [2.24, 2.45) is 4.99 Å². The average Bonchev–Trinajstić information content (AvgIpc) is 2.97. The van der Waals surface area contributed by atoms with Crippen LogP contribution in [-0.2, 0) is 14.3 Å². The number of para-hydroxylation sites is 1. The first-order valence-corrected chi connectivity index (χ1v) is 8.03. The minimum absolute atomic E-state index is 0.106. The van der Waals surface area contributed by atoms with Crippen molar-refractivity contribution >= 4 is 35.5 Å². The highest BCUT2D eigenvalue weighted by Gasteiger charge is 2.25. The molecule has 6 heteroatoms. The molecule has 0 aromatic heterocycles. The molecule has 2 aromatic rings. The average molecular weight is 356 g/mol. The van der Waals surface area contributed by atoms with Gasteiger partial charge in [-0.2, -0.15) is 0 Å². The van der Waals surface area contributed by atoms with Gasteiger partial charge in [0.2, 0.25) is 5.90 Å². The van der Waals surface area contributed by atoms with E-state index in [-0.39, 0.29) is 24.0 Å². The van der Waals surface area contributed by atoms with Gasteiger partial charge < -0.3 is 9.47 Å². The van der Waals surface area contributed by atoms with Gasteiger partial charge in [0.25, 0.3) is 0 Å². The minimum Gasteiger partial charge on any atom is -0.426 e. The van der Waals surface area contributed by atoms with Crippen LogP contribution in [0.25, 0.3) is 6.08 Å². The summed E-state index contributed by atoms with van der Waals surface area (Å²) < 4.78 is 10.5. The standard InChI is InChI=1S/C19H14ClNO4/c1-2-17(22)24-16-10-6-3-7-12(16)11-15-19(23)25-18(21-15)13-8-4-5-9-14(13)20/h3-11H,2H2,1H3/b15-11-. The number of cyclic esters (lactones) is 1. The van der Waals surface area contributed by atoms with E-state index in [9.17, 15) is 9.59 Å². The summed E-state index contributed by atoms with van der Waals surface area (Å²) in [5.74, 6) is -0.451. The van der Waals surface area contributed by atoms with E-state index in [1.807, 2.05) is 0 Å². The predicted molar refractivity (Wildman–Crippen MR) is 94.4 cm³/mol. The number of carbonyl (C=O) groups is 2. The second kappa shape index (κ2) is 7.32. The molecule has 0 saturated carbocycles. The lowest BCUT2D eigenvalue weighted by Crippen LogP contribution is -2.07. The van der Waals surface area contributed by atoms with E-state index in [1.165, 1.54) is 6.08 Å². The minimum atomic E-state index is -0.591. The van der Waals surface area contributed by atoms with Crippen LogP contribution in [0, 0.1) is 0 Å². The molecule has 0 bridgehead atoms. The van der Waals surface area contributed by atoms with Crippen LogP contribution in [0.2, 0.25) is 5.02 Å². The summed E-state index contributed by atoms with van der Waals surface area (Å²) in [5, 5.41) is 0.438. The molecule has 0 amide bonds. The topological polar surface area (TPSA) is 65.0 Å². The fraction of sp³-hybridized carbons (Fsp3) is 0.105. The molecule has 2 aromatic carbocycles. The van der Waals surface area contributed by atoms with Crippen LogP contribution < -0.4 is 4.74 Å². The molecule has 0 atom stereocenters. The van der Waals surface area contributed by atoms with Crippen LogP contribution in [0.5, 0.6) is 5.75 Å². The van der Waals surface area contributed by atoms with E-state index in [1.54, 1.807) is 55.5 Å². The molecule has 0 fully saturated rings. The summed E-state index contributed by atoms with van der Waals surface area (Å²) in [6.45, 7) is 1.71. The summed E-state index contributed by atoms with van der Waals surface area (Å²) in [5.41, 5.74) is 1.20. The highest BCUT2D eigenvalue weighted by atomic mass is 35.5. The van der Waals surface area contributed by atoms with Crippen LogP contribution >= 0.6 is 11.6 Å². The van der Waals surface area contributed by atoms with E-state index in [2.05, 4.69) is 4.99 Å². The number of aliphatic imine (C=N–C) groups is 1. The first kappa shape index (κ1) is 16.9. The normalized spacial score (nSPS) is 15.0. The zero-order chi connectivity index (χ0) is 17.8. The largest absolute Gasteiger partial charge is 0.426 e. The smallest absolute Gasteiger partial charge is 0.363 e.